The highest BCUT2D eigenvalue weighted by atomic mass is 16.5. The van der Waals surface area contributed by atoms with Crippen LogP contribution in [-0.2, 0) is 0 Å². The van der Waals surface area contributed by atoms with Crippen molar-refractivity contribution >= 4 is 11.0 Å². The van der Waals surface area contributed by atoms with Gasteiger partial charge >= 0.3 is 5.63 Å². The fourth-order valence-electron chi connectivity index (χ4n) is 1.19. The minimum absolute atomic E-state index is 0.423. The van der Waals surface area contributed by atoms with Crippen LogP contribution in [0.4, 0.5) is 0 Å². The molecule has 0 saturated carbocycles. The lowest BCUT2D eigenvalue weighted by atomic mass is 10.2. The molecule has 1 aromatic heterocycles. The lowest BCUT2D eigenvalue weighted by Crippen LogP contribution is -1.99. The highest BCUT2D eigenvalue weighted by molar-refractivity contribution is 5.82. The molecule has 65 valence electrons. The molecule has 1 aromatic carbocycles. The van der Waals surface area contributed by atoms with Crippen LogP contribution in [0.1, 0.15) is 0 Å². The molecule has 0 bridgehead atoms. The van der Waals surface area contributed by atoms with Crippen LogP contribution in [0.2, 0.25) is 0 Å². The van der Waals surface area contributed by atoms with Crippen molar-refractivity contribution in [3.05, 3.63) is 40.8 Å². The summed E-state index contributed by atoms with van der Waals surface area (Å²) in [5.41, 5.74) is -0.00125. The van der Waals surface area contributed by atoms with Gasteiger partial charge in [0, 0.05) is 0 Å². The standard InChI is InChI=1S/C10H7O3/c1-12-9-6-10(11)13-8-5-3-2-4-7(8)9/h2-5H,1H3. The third-order valence-electron chi connectivity index (χ3n) is 1.75. The normalized spacial score (nSPS) is 10.2. The van der Waals surface area contributed by atoms with E-state index in [0.717, 1.165) is 5.39 Å². The van der Waals surface area contributed by atoms with Crippen molar-refractivity contribution in [2.24, 2.45) is 0 Å². The first-order valence-corrected chi connectivity index (χ1v) is 3.80. The molecular formula is C10H7O3. The Balaban J connectivity index is 2.89. The molecular weight excluding hydrogens is 168 g/mol. The average Bonchev–Trinajstić information content (AvgIpc) is 2.16. The predicted octanol–water partition coefficient (Wildman–Crippen LogP) is 1.60. The molecule has 1 heterocycles. The largest absolute Gasteiger partial charge is 0.495 e. The van der Waals surface area contributed by atoms with E-state index in [-0.39, 0.29) is 0 Å². The molecule has 2 rings (SSSR count). The van der Waals surface area contributed by atoms with Gasteiger partial charge in [-0.05, 0) is 12.1 Å². The van der Waals surface area contributed by atoms with Crippen LogP contribution in [0, 0.1) is 6.07 Å². The zero-order chi connectivity index (χ0) is 9.26. The fourth-order valence-corrected chi connectivity index (χ4v) is 1.19. The third-order valence-corrected chi connectivity index (χ3v) is 1.75. The Morgan fingerprint density at radius 1 is 1.38 bits per heavy atom. The van der Waals surface area contributed by atoms with Crippen molar-refractivity contribution in [3.8, 4) is 5.75 Å². The summed E-state index contributed by atoms with van der Waals surface area (Å²) in [6.45, 7) is 0. The van der Waals surface area contributed by atoms with Gasteiger partial charge in [-0.1, -0.05) is 12.1 Å². The zero-order valence-electron chi connectivity index (χ0n) is 7.03. The summed E-state index contributed by atoms with van der Waals surface area (Å²) >= 11 is 0. The molecule has 2 aromatic rings. The van der Waals surface area contributed by atoms with Crippen LogP contribution >= 0.6 is 0 Å². The van der Waals surface area contributed by atoms with Crippen LogP contribution < -0.4 is 10.4 Å². The summed E-state index contributed by atoms with van der Waals surface area (Å²) in [4.78, 5) is 11.0. The smallest absolute Gasteiger partial charge is 0.348 e. The molecule has 0 N–H and O–H groups in total. The second-order valence-electron chi connectivity index (χ2n) is 2.54. The van der Waals surface area contributed by atoms with Gasteiger partial charge in [0.1, 0.15) is 17.4 Å². The van der Waals surface area contributed by atoms with E-state index in [1.807, 2.05) is 12.1 Å². The maximum Gasteiger partial charge on any atom is 0.348 e. The van der Waals surface area contributed by atoms with Crippen molar-refractivity contribution in [2.45, 2.75) is 0 Å². The molecule has 0 aliphatic rings. The summed E-state index contributed by atoms with van der Waals surface area (Å²) in [6, 6.07) is 9.63. The summed E-state index contributed by atoms with van der Waals surface area (Å²) in [5.74, 6) is 0.423. The number of methoxy groups -OCH3 is 1. The van der Waals surface area contributed by atoms with Crippen molar-refractivity contribution < 1.29 is 9.15 Å². The predicted molar refractivity (Wildman–Crippen MR) is 47.9 cm³/mol. The van der Waals surface area contributed by atoms with Crippen LogP contribution in [-0.4, -0.2) is 7.11 Å². The number of para-hydroxylation sites is 1. The lowest BCUT2D eigenvalue weighted by Gasteiger charge is -2.01. The molecule has 0 unspecified atom stereocenters. The maximum absolute atomic E-state index is 11.0. The Hall–Kier alpha value is -1.77. The number of rotatable bonds is 1. The van der Waals surface area contributed by atoms with Gasteiger partial charge < -0.3 is 9.15 Å². The van der Waals surface area contributed by atoms with Crippen LogP contribution in [0.3, 0.4) is 0 Å². The van der Waals surface area contributed by atoms with E-state index >= 15 is 0 Å². The minimum Gasteiger partial charge on any atom is -0.495 e. The molecule has 0 amide bonds. The molecule has 13 heavy (non-hydrogen) atoms. The summed E-state index contributed by atoms with van der Waals surface area (Å²) in [5, 5.41) is 0.754. The minimum atomic E-state index is -0.518. The summed E-state index contributed by atoms with van der Waals surface area (Å²) in [7, 11) is 1.50. The maximum atomic E-state index is 11.0. The number of fused-ring (bicyclic) bond motifs is 1. The molecule has 3 heteroatoms. The Kier molecular flexibility index (Phi) is 1.77. The van der Waals surface area contributed by atoms with Crippen molar-refractivity contribution in [2.75, 3.05) is 7.11 Å². The molecule has 0 spiro atoms. The molecule has 0 aliphatic heterocycles. The first-order valence-electron chi connectivity index (χ1n) is 3.80. The Morgan fingerprint density at radius 2 is 2.15 bits per heavy atom. The van der Waals surface area contributed by atoms with E-state index in [9.17, 15) is 4.79 Å². The number of hydrogen-bond acceptors (Lipinski definition) is 3. The molecule has 0 atom stereocenters. The van der Waals surface area contributed by atoms with E-state index in [1.54, 1.807) is 12.1 Å². The molecule has 0 saturated heterocycles. The second kappa shape index (κ2) is 2.94. The fraction of sp³-hybridized carbons (Fsp3) is 0.100. The summed E-state index contributed by atoms with van der Waals surface area (Å²) in [6.07, 6.45) is 0. The Bertz CT molecular complexity index is 485. The van der Waals surface area contributed by atoms with Gasteiger partial charge in [0.15, 0.2) is 0 Å². The summed E-state index contributed by atoms with van der Waals surface area (Å²) < 4.78 is 9.91. The van der Waals surface area contributed by atoms with Gasteiger partial charge in [-0.25, -0.2) is 4.79 Å². The van der Waals surface area contributed by atoms with Gasteiger partial charge in [0.25, 0.3) is 0 Å². The highest BCUT2D eigenvalue weighted by Crippen LogP contribution is 2.21. The van der Waals surface area contributed by atoms with Gasteiger partial charge in [0.2, 0.25) is 0 Å². The molecule has 0 fully saturated rings. The number of hydrogen-bond donors (Lipinski definition) is 0. The Morgan fingerprint density at radius 3 is 2.92 bits per heavy atom. The van der Waals surface area contributed by atoms with Gasteiger partial charge in [-0.2, -0.15) is 0 Å². The van der Waals surface area contributed by atoms with E-state index < -0.39 is 5.63 Å². The highest BCUT2D eigenvalue weighted by Gasteiger charge is 2.04. The van der Waals surface area contributed by atoms with Crippen LogP contribution in [0.15, 0.2) is 33.5 Å². The SMILES string of the molecule is COc1[c]c(=O)oc2ccccc12. The van der Waals surface area contributed by atoms with Crippen LogP contribution in [0.5, 0.6) is 5.75 Å². The van der Waals surface area contributed by atoms with E-state index in [4.69, 9.17) is 9.15 Å². The third kappa shape index (κ3) is 1.28. The molecule has 0 aliphatic carbocycles. The van der Waals surface area contributed by atoms with E-state index in [2.05, 4.69) is 6.07 Å². The number of ether oxygens (including phenoxy) is 1. The van der Waals surface area contributed by atoms with Gasteiger partial charge in [-0.3, -0.25) is 0 Å². The van der Waals surface area contributed by atoms with E-state index in [0.29, 0.717) is 11.3 Å². The van der Waals surface area contributed by atoms with Crippen molar-refractivity contribution in [3.63, 3.8) is 0 Å². The zero-order valence-corrected chi connectivity index (χ0v) is 7.03. The quantitative estimate of drug-likeness (QED) is 0.618. The monoisotopic (exact) mass is 175 g/mol. The lowest BCUT2D eigenvalue weighted by molar-refractivity contribution is 0.412. The topological polar surface area (TPSA) is 39.4 Å². The second-order valence-corrected chi connectivity index (χ2v) is 2.54. The first kappa shape index (κ1) is 7.86. The van der Waals surface area contributed by atoms with Crippen molar-refractivity contribution in [1.82, 2.24) is 0 Å². The average molecular weight is 175 g/mol. The molecule has 3 nitrogen and oxygen atoms in total. The van der Waals surface area contributed by atoms with Gasteiger partial charge in [0.05, 0.1) is 12.5 Å². The Labute approximate surface area is 74.6 Å². The van der Waals surface area contributed by atoms with Gasteiger partial charge in [-0.15, -0.1) is 0 Å². The first-order chi connectivity index (χ1) is 6.31. The van der Waals surface area contributed by atoms with Crippen molar-refractivity contribution in [1.29, 1.82) is 0 Å². The van der Waals surface area contributed by atoms with Crippen LogP contribution in [0.25, 0.3) is 11.0 Å². The number of benzene rings is 1. The molecule has 1 radical (unpaired) electrons. The van der Waals surface area contributed by atoms with E-state index in [1.165, 1.54) is 7.11 Å².